The van der Waals surface area contributed by atoms with Gasteiger partial charge in [-0.3, -0.25) is 4.90 Å². The summed E-state index contributed by atoms with van der Waals surface area (Å²) in [5, 5.41) is 3.30. The molecule has 2 saturated heterocycles. The van der Waals surface area contributed by atoms with E-state index >= 15 is 0 Å². The Bertz CT molecular complexity index is 726. The molecule has 5 nitrogen and oxygen atoms in total. The highest BCUT2D eigenvalue weighted by atomic mass is 16.5. The molecule has 1 N–H and O–H groups in total. The van der Waals surface area contributed by atoms with Gasteiger partial charge in [-0.05, 0) is 69.0 Å². The molecule has 1 aromatic carbocycles. The summed E-state index contributed by atoms with van der Waals surface area (Å²) >= 11 is 0. The molecule has 1 aromatic rings. The quantitative estimate of drug-likeness (QED) is 0.639. The van der Waals surface area contributed by atoms with E-state index in [0.717, 1.165) is 70.8 Å². The van der Waals surface area contributed by atoms with Gasteiger partial charge in [-0.2, -0.15) is 0 Å². The fraction of sp³-hybridized carbons (Fsp3) is 0.741. The number of para-hydroxylation sites is 1. The number of likely N-dealkylation sites (tertiary alicyclic amines) is 2. The smallest absolute Gasteiger partial charge is 0.317 e. The number of carbonyl (C=O) groups excluding carboxylic acids is 1. The highest BCUT2D eigenvalue weighted by Gasteiger charge is 2.38. The lowest BCUT2D eigenvalue weighted by Gasteiger charge is -2.47. The van der Waals surface area contributed by atoms with Crippen LogP contribution >= 0.6 is 0 Å². The van der Waals surface area contributed by atoms with Gasteiger partial charge in [-0.1, -0.05) is 51.3 Å². The monoisotopic (exact) mass is 441 g/mol. The third-order valence-electron chi connectivity index (χ3n) is 7.90. The first-order valence-corrected chi connectivity index (χ1v) is 13.0. The fourth-order valence-corrected chi connectivity index (χ4v) is 5.66. The van der Waals surface area contributed by atoms with E-state index in [1.165, 1.54) is 37.7 Å². The number of hydrogen-bond donors (Lipinski definition) is 1. The number of rotatable bonds is 6. The maximum Gasteiger partial charge on any atom is 0.317 e. The Morgan fingerprint density at radius 2 is 1.69 bits per heavy atom. The molecule has 2 aliphatic heterocycles. The largest absolute Gasteiger partial charge is 0.493 e. The summed E-state index contributed by atoms with van der Waals surface area (Å²) in [6, 6.07) is 9.10. The van der Waals surface area contributed by atoms with Crippen molar-refractivity contribution in [1.82, 2.24) is 15.1 Å². The van der Waals surface area contributed by atoms with E-state index in [2.05, 4.69) is 53.2 Å². The van der Waals surface area contributed by atoms with Gasteiger partial charge in [0.2, 0.25) is 0 Å². The number of carbonyl (C=O) groups is 1. The second kappa shape index (κ2) is 10.9. The van der Waals surface area contributed by atoms with Crippen LogP contribution in [0.3, 0.4) is 0 Å². The highest BCUT2D eigenvalue weighted by molar-refractivity contribution is 5.74. The summed E-state index contributed by atoms with van der Waals surface area (Å²) in [5.74, 6) is 1.58. The van der Waals surface area contributed by atoms with Crippen molar-refractivity contribution in [3.8, 4) is 5.75 Å². The highest BCUT2D eigenvalue weighted by Crippen LogP contribution is 2.41. The fourth-order valence-electron chi connectivity index (χ4n) is 5.66. The van der Waals surface area contributed by atoms with Crippen molar-refractivity contribution in [2.75, 3.05) is 32.8 Å². The van der Waals surface area contributed by atoms with Crippen molar-refractivity contribution in [3.05, 3.63) is 29.8 Å². The number of ether oxygens (including phenoxy) is 1. The van der Waals surface area contributed by atoms with Crippen LogP contribution in [0, 0.1) is 11.3 Å². The second-order valence-electron chi connectivity index (χ2n) is 10.9. The van der Waals surface area contributed by atoms with Crippen molar-refractivity contribution < 1.29 is 9.53 Å². The van der Waals surface area contributed by atoms with Gasteiger partial charge in [0.25, 0.3) is 0 Å². The number of nitrogens with zero attached hydrogens (tertiary/aromatic N) is 2. The molecular weight excluding hydrogens is 398 g/mol. The lowest BCUT2D eigenvalue weighted by Crippen LogP contribution is -2.52. The van der Waals surface area contributed by atoms with E-state index in [1.807, 2.05) is 0 Å². The zero-order chi connectivity index (χ0) is 22.4. The molecule has 178 valence electrons. The Balaban J connectivity index is 1.23. The number of piperidine rings is 2. The molecule has 3 fully saturated rings. The Kier molecular flexibility index (Phi) is 7.98. The van der Waals surface area contributed by atoms with Gasteiger partial charge in [0, 0.05) is 31.2 Å². The minimum absolute atomic E-state index is 0.183. The van der Waals surface area contributed by atoms with Gasteiger partial charge < -0.3 is 15.0 Å². The van der Waals surface area contributed by atoms with E-state index < -0.39 is 0 Å². The van der Waals surface area contributed by atoms with E-state index in [-0.39, 0.29) is 6.03 Å². The third kappa shape index (κ3) is 6.18. The van der Waals surface area contributed by atoms with Crippen molar-refractivity contribution >= 4 is 6.03 Å². The zero-order valence-corrected chi connectivity index (χ0v) is 20.3. The minimum Gasteiger partial charge on any atom is -0.493 e. The van der Waals surface area contributed by atoms with Gasteiger partial charge in [0.15, 0.2) is 0 Å². The molecule has 0 radical (unpaired) electrons. The van der Waals surface area contributed by atoms with Crippen LogP contribution in [0.25, 0.3) is 0 Å². The molecule has 2 amide bonds. The average Bonchev–Trinajstić information content (AvgIpc) is 2.81. The maximum absolute atomic E-state index is 12.7. The first-order valence-electron chi connectivity index (χ1n) is 13.0. The number of urea groups is 1. The molecule has 1 aliphatic carbocycles. The Labute approximate surface area is 194 Å². The Morgan fingerprint density at radius 1 is 1.03 bits per heavy atom. The lowest BCUT2D eigenvalue weighted by atomic mass is 9.71. The van der Waals surface area contributed by atoms with E-state index in [9.17, 15) is 4.79 Å². The molecule has 2 heterocycles. The topological polar surface area (TPSA) is 44.8 Å². The molecule has 0 aromatic heterocycles. The van der Waals surface area contributed by atoms with Gasteiger partial charge in [-0.25, -0.2) is 4.79 Å². The van der Waals surface area contributed by atoms with E-state index in [4.69, 9.17) is 4.74 Å². The Hall–Kier alpha value is -1.75. The van der Waals surface area contributed by atoms with Crippen molar-refractivity contribution in [2.45, 2.75) is 84.2 Å². The maximum atomic E-state index is 12.7. The van der Waals surface area contributed by atoms with E-state index in [0.29, 0.717) is 17.4 Å². The first-order chi connectivity index (χ1) is 15.5. The summed E-state index contributed by atoms with van der Waals surface area (Å²) < 4.78 is 6.07. The minimum atomic E-state index is 0.183. The predicted octanol–water partition coefficient (Wildman–Crippen LogP) is 5.44. The van der Waals surface area contributed by atoms with Crippen molar-refractivity contribution in [2.24, 2.45) is 11.3 Å². The first kappa shape index (κ1) is 23.4. The molecule has 32 heavy (non-hydrogen) atoms. The molecule has 5 heteroatoms. The summed E-state index contributed by atoms with van der Waals surface area (Å²) in [6.07, 6.45) is 11.0. The molecule has 1 saturated carbocycles. The number of hydrogen-bond acceptors (Lipinski definition) is 3. The average molecular weight is 442 g/mol. The van der Waals surface area contributed by atoms with Crippen LogP contribution in [0.1, 0.15) is 77.2 Å². The SMILES string of the molecule is CC(C)COc1ccccc1CN1CCC2(CC1)CCN(C(=O)NC1CCCCC1)CC2. The molecule has 3 aliphatic rings. The van der Waals surface area contributed by atoms with E-state index in [1.54, 1.807) is 0 Å². The van der Waals surface area contributed by atoms with Crippen LogP contribution in [0.15, 0.2) is 24.3 Å². The summed E-state index contributed by atoms with van der Waals surface area (Å²) in [7, 11) is 0. The standard InChI is InChI=1S/C27H43N3O2/c1-22(2)21-32-25-11-7-6-8-23(25)20-29-16-12-27(13-17-29)14-18-30(19-15-27)26(31)28-24-9-4-3-5-10-24/h6-8,11,22,24H,3-5,9-10,12-21H2,1-2H3,(H,28,31). The van der Waals surface area contributed by atoms with Crippen LogP contribution in [0.5, 0.6) is 5.75 Å². The summed E-state index contributed by atoms with van der Waals surface area (Å²) in [5.41, 5.74) is 1.74. The molecule has 0 bridgehead atoms. The van der Waals surface area contributed by atoms with Crippen LogP contribution in [0.2, 0.25) is 0 Å². The van der Waals surface area contributed by atoms with Crippen molar-refractivity contribution in [3.63, 3.8) is 0 Å². The lowest BCUT2D eigenvalue weighted by molar-refractivity contribution is 0.0415. The number of benzene rings is 1. The predicted molar refractivity (Wildman–Crippen MR) is 130 cm³/mol. The van der Waals surface area contributed by atoms with Crippen molar-refractivity contribution in [1.29, 1.82) is 0 Å². The second-order valence-corrected chi connectivity index (χ2v) is 10.9. The van der Waals surface area contributed by atoms with Gasteiger partial charge in [0.05, 0.1) is 6.61 Å². The van der Waals surface area contributed by atoms with Crippen LogP contribution in [-0.2, 0) is 6.54 Å². The number of nitrogens with one attached hydrogen (secondary N) is 1. The molecular formula is C27H43N3O2. The van der Waals surface area contributed by atoms with Crippen LogP contribution in [-0.4, -0.2) is 54.7 Å². The third-order valence-corrected chi connectivity index (χ3v) is 7.90. The molecule has 1 spiro atoms. The van der Waals surface area contributed by atoms with Crippen LogP contribution in [0.4, 0.5) is 4.79 Å². The molecule has 4 rings (SSSR count). The van der Waals surface area contributed by atoms with Gasteiger partial charge >= 0.3 is 6.03 Å². The zero-order valence-electron chi connectivity index (χ0n) is 20.3. The molecule has 0 unspecified atom stereocenters. The summed E-state index contributed by atoms with van der Waals surface area (Å²) in [6.45, 7) is 10.3. The summed E-state index contributed by atoms with van der Waals surface area (Å²) in [4.78, 5) is 17.4. The van der Waals surface area contributed by atoms with Gasteiger partial charge in [0.1, 0.15) is 5.75 Å². The normalized spacial score (nSPS) is 22.3. The van der Waals surface area contributed by atoms with Gasteiger partial charge in [-0.15, -0.1) is 0 Å². The number of amides is 2. The Morgan fingerprint density at radius 3 is 2.38 bits per heavy atom. The van der Waals surface area contributed by atoms with Crippen LogP contribution < -0.4 is 10.1 Å². The molecule has 0 atom stereocenters.